The van der Waals surface area contributed by atoms with Crippen LogP contribution in [0.3, 0.4) is 0 Å². The minimum atomic E-state index is -0.728. The summed E-state index contributed by atoms with van der Waals surface area (Å²) in [5, 5.41) is 2.30. The number of benzene rings is 2. The maximum absolute atomic E-state index is 13.2. The second kappa shape index (κ2) is 11.0. The fourth-order valence-corrected chi connectivity index (χ4v) is 4.72. The Bertz CT molecular complexity index is 1160. The number of rotatable bonds is 7. The van der Waals surface area contributed by atoms with Crippen molar-refractivity contribution in [2.24, 2.45) is 0 Å². The molecule has 2 fully saturated rings. The van der Waals surface area contributed by atoms with Crippen LogP contribution >= 0.6 is 15.9 Å². The maximum Gasteiger partial charge on any atom is 0.331 e. The van der Waals surface area contributed by atoms with Crippen molar-refractivity contribution in [1.29, 1.82) is 0 Å². The van der Waals surface area contributed by atoms with Crippen molar-refractivity contribution in [3.8, 4) is 11.5 Å². The molecule has 4 rings (SSSR count). The molecule has 7 nitrogen and oxygen atoms in total. The van der Waals surface area contributed by atoms with E-state index in [1.807, 2.05) is 6.92 Å². The SMILES string of the molecule is CCOc1cc(C=C2C(=O)NC(=O)N(C3CCCCC3)C2=O)c(Br)cc1OCc1ccc(F)cc1. The van der Waals surface area contributed by atoms with Crippen LogP contribution in [0.2, 0.25) is 0 Å². The molecule has 1 N–H and O–H groups in total. The lowest BCUT2D eigenvalue weighted by molar-refractivity contribution is -0.132. The third kappa shape index (κ3) is 5.73. The number of urea groups is 1. The second-order valence-electron chi connectivity index (χ2n) is 8.45. The third-order valence-corrected chi connectivity index (χ3v) is 6.73. The standard InChI is InChI=1S/C26H26BrFN2O5/c1-2-34-22-13-17(21(27)14-23(22)35-15-16-8-10-18(28)11-9-16)12-20-24(31)29-26(33)30(25(20)32)19-6-4-3-5-7-19/h8-14,19H,2-7,15H2,1H3,(H,29,31,33). The number of halogens is 2. The van der Waals surface area contributed by atoms with E-state index in [9.17, 15) is 18.8 Å². The van der Waals surface area contributed by atoms with Crippen LogP contribution in [0.25, 0.3) is 6.08 Å². The van der Waals surface area contributed by atoms with Crippen LogP contribution in [0.15, 0.2) is 46.4 Å². The molecule has 184 valence electrons. The molecular formula is C26H26BrFN2O5. The molecule has 2 aliphatic rings. The zero-order valence-electron chi connectivity index (χ0n) is 19.3. The highest BCUT2D eigenvalue weighted by atomic mass is 79.9. The molecule has 0 spiro atoms. The topological polar surface area (TPSA) is 84.9 Å². The number of ether oxygens (including phenoxy) is 2. The summed E-state index contributed by atoms with van der Waals surface area (Å²) >= 11 is 3.49. The van der Waals surface area contributed by atoms with E-state index < -0.39 is 17.8 Å². The Morgan fingerprint density at radius 1 is 1.06 bits per heavy atom. The highest BCUT2D eigenvalue weighted by Crippen LogP contribution is 2.36. The summed E-state index contributed by atoms with van der Waals surface area (Å²) in [5.41, 5.74) is 1.20. The van der Waals surface area contributed by atoms with Gasteiger partial charge in [-0.25, -0.2) is 9.18 Å². The van der Waals surface area contributed by atoms with Crippen LogP contribution in [0.5, 0.6) is 11.5 Å². The molecule has 0 unspecified atom stereocenters. The largest absolute Gasteiger partial charge is 0.490 e. The average molecular weight is 545 g/mol. The fourth-order valence-electron chi connectivity index (χ4n) is 4.28. The molecule has 1 aliphatic heterocycles. The van der Waals surface area contributed by atoms with E-state index >= 15 is 0 Å². The maximum atomic E-state index is 13.2. The van der Waals surface area contributed by atoms with Gasteiger partial charge in [0.05, 0.1) is 6.61 Å². The van der Waals surface area contributed by atoms with Gasteiger partial charge in [0.15, 0.2) is 11.5 Å². The molecule has 0 radical (unpaired) electrons. The first-order valence-corrected chi connectivity index (χ1v) is 12.4. The van der Waals surface area contributed by atoms with Gasteiger partial charge in [0.1, 0.15) is 18.0 Å². The average Bonchev–Trinajstić information content (AvgIpc) is 2.84. The van der Waals surface area contributed by atoms with E-state index in [0.29, 0.717) is 28.1 Å². The Balaban J connectivity index is 1.61. The molecule has 1 aliphatic carbocycles. The summed E-state index contributed by atoms with van der Waals surface area (Å²) < 4.78 is 25.4. The third-order valence-electron chi connectivity index (χ3n) is 6.04. The van der Waals surface area contributed by atoms with Gasteiger partial charge < -0.3 is 9.47 Å². The monoisotopic (exact) mass is 544 g/mol. The van der Waals surface area contributed by atoms with Gasteiger partial charge in [0.2, 0.25) is 0 Å². The molecule has 1 heterocycles. The lowest BCUT2D eigenvalue weighted by Crippen LogP contribution is -2.58. The van der Waals surface area contributed by atoms with E-state index in [1.54, 1.807) is 24.3 Å². The predicted molar refractivity (Wildman–Crippen MR) is 131 cm³/mol. The van der Waals surface area contributed by atoms with Gasteiger partial charge in [0.25, 0.3) is 11.8 Å². The van der Waals surface area contributed by atoms with E-state index in [2.05, 4.69) is 21.2 Å². The van der Waals surface area contributed by atoms with Gasteiger partial charge in [-0.2, -0.15) is 0 Å². The molecule has 0 aromatic heterocycles. The van der Waals surface area contributed by atoms with E-state index in [0.717, 1.165) is 37.7 Å². The van der Waals surface area contributed by atoms with Gasteiger partial charge >= 0.3 is 6.03 Å². The van der Waals surface area contributed by atoms with Crippen molar-refractivity contribution >= 4 is 39.9 Å². The molecule has 2 aromatic rings. The van der Waals surface area contributed by atoms with E-state index in [4.69, 9.17) is 9.47 Å². The first kappa shape index (κ1) is 24.9. The van der Waals surface area contributed by atoms with E-state index in [-0.39, 0.29) is 24.0 Å². The van der Waals surface area contributed by atoms with Crippen LogP contribution < -0.4 is 14.8 Å². The van der Waals surface area contributed by atoms with Crippen LogP contribution in [0.1, 0.15) is 50.2 Å². The molecule has 4 amide bonds. The Morgan fingerprint density at radius 3 is 2.43 bits per heavy atom. The summed E-state index contributed by atoms with van der Waals surface area (Å²) in [6, 6.07) is 8.48. The molecule has 1 saturated carbocycles. The van der Waals surface area contributed by atoms with Gasteiger partial charge in [-0.3, -0.25) is 19.8 Å². The summed E-state index contributed by atoms with van der Waals surface area (Å²) in [7, 11) is 0. The van der Waals surface area contributed by atoms with Crippen molar-refractivity contribution in [1.82, 2.24) is 10.2 Å². The summed E-state index contributed by atoms with van der Waals surface area (Å²) in [6.07, 6.45) is 5.88. The number of imide groups is 2. The number of carbonyl (C=O) groups excluding carboxylic acids is 3. The Morgan fingerprint density at radius 2 is 1.74 bits per heavy atom. The van der Waals surface area contributed by atoms with Gasteiger partial charge in [-0.1, -0.05) is 47.3 Å². The first-order valence-electron chi connectivity index (χ1n) is 11.6. The summed E-state index contributed by atoms with van der Waals surface area (Å²) in [6.45, 7) is 2.40. The molecular weight excluding hydrogens is 519 g/mol. The van der Waals surface area contributed by atoms with Crippen molar-refractivity contribution in [2.45, 2.75) is 51.7 Å². The Hall–Kier alpha value is -3.20. The van der Waals surface area contributed by atoms with Crippen molar-refractivity contribution in [3.63, 3.8) is 0 Å². The molecule has 0 bridgehead atoms. The van der Waals surface area contributed by atoms with Crippen molar-refractivity contribution in [2.75, 3.05) is 6.61 Å². The number of amides is 4. The minimum absolute atomic E-state index is 0.113. The predicted octanol–water partition coefficient (Wildman–Crippen LogP) is 5.36. The van der Waals surface area contributed by atoms with Gasteiger partial charge in [-0.15, -0.1) is 0 Å². The van der Waals surface area contributed by atoms with E-state index in [1.165, 1.54) is 23.1 Å². The molecule has 9 heteroatoms. The number of hydrogen-bond acceptors (Lipinski definition) is 5. The Labute approximate surface area is 211 Å². The number of nitrogens with zero attached hydrogens (tertiary/aromatic N) is 1. The normalized spacial score (nSPS) is 18.1. The molecule has 35 heavy (non-hydrogen) atoms. The van der Waals surface area contributed by atoms with Crippen LogP contribution in [0.4, 0.5) is 9.18 Å². The molecule has 0 atom stereocenters. The number of barbiturate groups is 1. The zero-order valence-corrected chi connectivity index (χ0v) is 20.9. The lowest BCUT2D eigenvalue weighted by Gasteiger charge is -2.35. The lowest BCUT2D eigenvalue weighted by atomic mass is 9.93. The highest BCUT2D eigenvalue weighted by Gasteiger charge is 2.40. The van der Waals surface area contributed by atoms with Crippen molar-refractivity contribution in [3.05, 3.63) is 63.4 Å². The van der Waals surface area contributed by atoms with Gasteiger partial charge in [-0.05, 0) is 61.2 Å². The zero-order chi connectivity index (χ0) is 24.9. The first-order chi connectivity index (χ1) is 16.9. The highest BCUT2D eigenvalue weighted by molar-refractivity contribution is 9.10. The fraction of sp³-hybridized carbons (Fsp3) is 0.346. The second-order valence-corrected chi connectivity index (χ2v) is 9.31. The Kier molecular flexibility index (Phi) is 7.85. The number of hydrogen-bond donors (Lipinski definition) is 1. The molecule has 2 aromatic carbocycles. The number of carbonyl (C=O) groups is 3. The molecule has 1 saturated heterocycles. The van der Waals surface area contributed by atoms with Crippen LogP contribution in [-0.4, -0.2) is 35.4 Å². The quantitative estimate of drug-likeness (QED) is 0.374. The summed E-state index contributed by atoms with van der Waals surface area (Å²) in [5.74, 6) is -0.771. The summed E-state index contributed by atoms with van der Waals surface area (Å²) in [4.78, 5) is 39.4. The van der Waals surface area contributed by atoms with Crippen molar-refractivity contribution < 1.29 is 28.2 Å². The number of nitrogens with one attached hydrogen (secondary N) is 1. The van der Waals surface area contributed by atoms with Crippen LogP contribution in [-0.2, 0) is 16.2 Å². The van der Waals surface area contributed by atoms with Crippen LogP contribution in [0, 0.1) is 5.82 Å². The smallest absolute Gasteiger partial charge is 0.331 e. The van der Waals surface area contributed by atoms with Gasteiger partial charge in [0, 0.05) is 10.5 Å². The minimum Gasteiger partial charge on any atom is -0.490 e.